The Balaban J connectivity index is 0.000000197. The lowest BCUT2D eigenvalue weighted by Crippen LogP contribution is -2.40. The van der Waals surface area contributed by atoms with Crippen molar-refractivity contribution < 1.29 is 34.5 Å². The average molecular weight is 583 g/mol. The van der Waals surface area contributed by atoms with Crippen LogP contribution in [0.5, 0.6) is 0 Å². The van der Waals surface area contributed by atoms with Gasteiger partial charge in [0.15, 0.2) is 0 Å². The Hall–Kier alpha value is -5.02. The quantitative estimate of drug-likeness (QED) is 0.145. The summed E-state index contributed by atoms with van der Waals surface area (Å²) < 4.78 is 0. The van der Waals surface area contributed by atoms with Crippen molar-refractivity contribution in [2.45, 2.75) is 33.1 Å². The zero-order chi connectivity index (χ0) is 31.1. The fraction of sp³-hybridized carbons (Fsp3) is 0.235. The molecule has 1 amide bonds. The lowest BCUT2D eigenvalue weighted by Gasteiger charge is -2.18. The van der Waals surface area contributed by atoms with E-state index in [1.807, 2.05) is 32.0 Å². The Morgan fingerprint density at radius 3 is 1.77 bits per heavy atom. The predicted octanol–water partition coefficient (Wildman–Crippen LogP) is 5.70. The number of carboxylic acids is 3. The van der Waals surface area contributed by atoms with E-state index in [0.29, 0.717) is 12.1 Å². The molecule has 0 aliphatic carbocycles. The van der Waals surface area contributed by atoms with Gasteiger partial charge in [-0.05, 0) is 75.7 Å². The first-order valence-corrected chi connectivity index (χ1v) is 13.9. The van der Waals surface area contributed by atoms with Gasteiger partial charge in [-0.25, -0.2) is 0 Å². The van der Waals surface area contributed by atoms with Crippen LogP contribution in [0.3, 0.4) is 0 Å². The van der Waals surface area contributed by atoms with Crippen molar-refractivity contribution in [3.05, 3.63) is 89.5 Å². The van der Waals surface area contributed by atoms with Crippen LogP contribution >= 0.6 is 0 Å². The molecule has 5 rings (SSSR count). The lowest BCUT2D eigenvalue weighted by atomic mass is 9.90. The number of amides is 1. The van der Waals surface area contributed by atoms with E-state index in [9.17, 15) is 19.2 Å². The van der Waals surface area contributed by atoms with Crippen LogP contribution in [0.2, 0.25) is 0 Å². The average Bonchev–Trinajstić information content (AvgIpc) is 2.94. The van der Waals surface area contributed by atoms with Gasteiger partial charge >= 0.3 is 17.9 Å². The number of hydrogen-bond acceptors (Lipinski definition) is 5. The summed E-state index contributed by atoms with van der Waals surface area (Å²) in [6.07, 6.45) is 1.71. The van der Waals surface area contributed by atoms with E-state index in [4.69, 9.17) is 15.3 Å². The largest absolute Gasteiger partial charge is 0.481 e. The van der Waals surface area contributed by atoms with Gasteiger partial charge in [0.25, 0.3) is 0 Å². The number of benzene rings is 5. The number of anilines is 1. The number of aryl methyl sites for hydroxylation is 3. The molecule has 0 radical (unpaired) electrons. The maximum Gasteiger partial charge on any atom is 0.317 e. The summed E-state index contributed by atoms with van der Waals surface area (Å²) in [5.74, 6) is -3.54. The highest BCUT2D eigenvalue weighted by Gasteiger charge is 2.18. The smallest absolute Gasteiger partial charge is 0.317 e. The highest BCUT2D eigenvalue weighted by atomic mass is 16.4. The van der Waals surface area contributed by atoms with Gasteiger partial charge in [-0.3, -0.25) is 24.1 Å². The standard InChI is InChI=1S/C20H16O2.C14H18N2O5/c21-18(22)6-2-3-13-7-8-16-10-9-14-4-1-5-15-11-12-17(13)20(16)19(14)15;1-9-4-3-5-10(2)14(9)15-11(17)6-16(7-12(18)19)8-13(20)21/h1,4-5,7-12H,2-3,6H2,(H,21,22);3-5H,6-8H2,1-2H3,(H,15,17)(H,18,19)(H,20,21). The van der Waals surface area contributed by atoms with E-state index in [2.05, 4.69) is 59.9 Å². The molecular formula is C34H34N2O7. The number of carbonyl (C=O) groups excluding carboxylic acids is 1. The number of aliphatic carboxylic acids is 3. The molecule has 0 spiro atoms. The van der Waals surface area contributed by atoms with Crippen molar-refractivity contribution in [1.29, 1.82) is 0 Å². The highest BCUT2D eigenvalue weighted by molar-refractivity contribution is 6.23. The van der Waals surface area contributed by atoms with Crippen molar-refractivity contribution in [3.63, 3.8) is 0 Å². The molecule has 0 heterocycles. The number of nitrogens with one attached hydrogen (secondary N) is 1. The Morgan fingerprint density at radius 2 is 1.19 bits per heavy atom. The van der Waals surface area contributed by atoms with Crippen LogP contribution < -0.4 is 5.32 Å². The second kappa shape index (κ2) is 13.8. The van der Waals surface area contributed by atoms with Gasteiger partial charge in [0.1, 0.15) is 0 Å². The van der Waals surface area contributed by atoms with Gasteiger partial charge < -0.3 is 20.6 Å². The zero-order valence-corrected chi connectivity index (χ0v) is 24.1. The number of hydrogen-bond donors (Lipinski definition) is 4. The Kier molecular flexibility index (Phi) is 9.90. The topological polar surface area (TPSA) is 144 Å². The molecule has 4 N–H and O–H groups in total. The Labute approximate surface area is 248 Å². The number of carboxylic acid groups (broad SMARTS) is 3. The number of nitrogens with zero attached hydrogens (tertiary/aromatic N) is 1. The zero-order valence-electron chi connectivity index (χ0n) is 24.1. The molecule has 0 aliphatic heterocycles. The van der Waals surface area contributed by atoms with Crippen LogP contribution in [0.25, 0.3) is 32.3 Å². The first-order chi connectivity index (χ1) is 20.5. The monoisotopic (exact) mass is 582 g/mol. The normalized spacial score (nSPS) is 11.0. The third-order valence-corrected chi connectivity index (χ3v) is 7.29. The van der Waals surface area contributed by atoms with Crippen molar-refractivity contribution in [2.24, 2.45) is 0 Å². The number of rotatable bonds is 11. The molecule has 0 fully saturated rings. The van der Waals surface area contributed by atoms with E-state index in [0.717, 1.165) is 22.4 Å². The van der Waals surface area contributed by atoms with Gasteiger partial charge in [0.2, 0.25) is 5.91 Å². The molecule has 5 aromatic rings. The molecule has 0 saturated heterocycles. The van der Waals surface area contributed by atoms with E-state index in [1.54, 1.807) is 0 Å². The van der Waals surface area contributed by atoms with Crippen molar-refractivity contribution >= 4 is 61.8 Å². The number of para-hydroxylation sites is 1. The molecule has 0 aliphatic rings. The molecule has 0 bridgehead atoms. The van der Waals surface area contributed by atoms with Crippen LogP contribution in [0.15, 0.2) is 72.8 Å². The minimum Gasteiger partial charge on any atom is -0.481 e. The lowest BCUT2D eigenvalue weighted by molar-refractivity contribution is -0.142. The first kappa shape index (κ1) is 30.9. The third-order valence-electron chi connectivity index (χ3n) is 7.29. The Morgan fingerprint density at radius 1 is 0.651 bits per heavy atom. The van der Waals surface area contributed by atoms with E-state index < -0.39 is 36.9 Å². The minimum atomic E-state index is -1.18. The fourth-order valence-electron chi connectivity index (χ4n) is 5.39. The minimum absolute atomic E-state index is 0.224. The van der Waals surface area contributed by atoms with Gasteiger partial charge in [-0.2, -0.15) is 0 Å². The molecular weight excluding hydrogens is 548 g/mol. The van der Waals surface area contributed by atoms with Crippen LogP contribution in [-0.2, 0) is 25.6 Å². The molecule has 0 saturated carbocycles. The fourth-order valence-corrected chi connectivity index (χ4v) is 5.39. The van der Waals surface area contributed by atoms with Crippen LogP contribution in [0.4, 0.5) is 5.69 Å². The van der Waals surface area contributed by atoms with Crippen LogP contribution in [0, 0.1) is 13.8 Å². The third kappa shape index (κ3) is 7.84. The van der Waals surface area contributed by atoms with Crippen LogP contribution in [-0.4, -0.2) is 63.7 Å². The Bertz CT molecular complexity index is 1750. The van der Waals surface area contributed by atoms with Crippen molar-refractivity contribution in [3.8, 4) is 0 Å². The van der Waals surface area contributed by atoms with Crippen molar-refractivity contribution in [1.82, 2.24) is 4.90 Å². The molecule has 5 aromatic carbocycles. The summed E-state index contributed by atoms with van der Waals surface area (Å²) in [4.78, 5) is 45.1. The number of carbonyl (C=O) groups is 4. The first-order valence-electron chi connectivity index (χ1n) is 13.9. The summed E-state index contributed by atoms with van der Waals surface area (Å²) in [5, 5.41) is 36.6. The molecule has 43 heavy (non-hydrogen) atoms. The van der Waals surface area contributed by atoms with E-state index in [-0.39, 0.29) is 13.0 Å². The maximum absolute atomic E-state index is 12.0. The van der Waals surface area contributed by atoms with Gasteiger partial charge in [0.05, 0.1) is 19.6 Å². The highest BCUT2D eigenvalue weighted by Crippen LogP contribution is 2.36. The van der Waals surface area contributed by atoms with E-state index in [1.165, 1.54) is 37.9 Å². The summed E-state index contributed by atoms with van der Waals surface area (Å²) >= 11 is 0. The summed E-state index contributed by atoms with van der Waals surface area (Å²) in [7, 11) is 0. The van der Waals surface area contributed by atoms with E-state index >= 15 is 0 Å². The molecule has 222 valence electrons. The SMILES string of the molecule is Cc1cccc(C)c1NC(=O)CN(CC(=O)O)CC(=O)O.O=C(O)CCCc1ccc2ccc3cccc4ccc1c2c34. The molecule has 0 aromatic heterocycles. The van der Waals surface area contributed by atoms with Crippen LogP contribution in [0.1, 0.15) is 29.5 Å². The summed E-state index contributed by atoms with van der Waals surface area (Å²) in [6.45, 7) is 2.37. The maximum atomic E-state index is 12.0. The summed E-state index contributed by atoms with van der Waals surface area (Å²) in [5.41, 5.74) is 3.66. The molecule has 0 unspecified atom stereocenters. The summed E-state index contributed by atoms with van der Waals surface area (Å²) in [6, 6.07) is 24.9. The molecule has 9 heteroatoms. The van der Waals surface area contributed by atoms with Gasteiger partial charge in [-0.1, -0.05) is 72.8 Å². The molecule has 0 atom stereocenters. The second-order valence-electron chi connectivity index (χ2n) is 10.6. The van der Waals surface area contributed by atoms with Crippen molar-refractivity contribution in [2.75, 3.05) is 25.0 Å². The predicted molar refractivity (Wildman–Crippen MR) is 167 cm³/mol. The second-order valence-corrected chi connectivity index (χ2v) is 10.6. The van der Waals surface area contributed by atoms with Gasteiger partial charge in [0, 0.05) is 12.1 Å². The van der Waals surface area contributed by atoms with Gasteiger partial charge in [-0.15, -0.1) is 0 Å². The molecule has 9 nitrogen and oxygen atoms in total.